The summed E-state index contributed by atoms with van der Waals surface area (Å²) in [7, 11) is 3.38. The van der Waals surface area contributed by atoms with E-state index in [2.05, 4.69) is 42.5 Å². The number of aryl methyl sites for hydroxylation is 2. The summed E-state index contributed by atoms with van der Waals surface area (Å²) in [5.41, 5.74) is 2.74. The molecule has 2 unspecified atom stereocenters. The van der Waals surface area contributed by atoms with Crippen molar-refractivity contribution in [2.45, 2.75) is 190 Å². The zero-order valence-electron chi connectivity index (χ0n) is 46.6. The lowest BCUT2D eigenvalue weighted by Crippen LogP contribution is -2.59. The summed E-state index contributed by atoms with van der Waals surface area (Å²) in [4.78, 5) is 117. The van der Waals surface area contributed by atoms with Crippen molar-refractivity contribution in [3.8, 4) is 0 Å². The van der Waals surface area contributed by atoms with Gasteiger partial charge in [-0.15, -0.1) is 23.5 Å². The molecule has 2 aromatic rings. The van der Waals surface area contributed by atoms with Gasteiger partial charge in [0.1, 0.15) is 24.2 Å². The summed E-state index contributed by atoms with van der Waals surface area (Å²) in [6, 6.07) is 10.1. The first-order chi connectivity index (χ1) is 37.2. The first-order valence-corrected chi connectivity index (χ1v) is 30.5. The van der Waals surface area contributed by atoms with E-state index in [-0.39, 0.29) is 70.1 Å². The number of fused-ring (bicyclic) bond motifs is 4. The summed E-state index contributed by atoms with van der Waals surface area (Å²) < 4.78 is 0. The van der Waals surface area contributed by atoms with Gasteiger partial charge in [-0.25, -0.2) is 0 Å². The van der Waals surface area contributed by atoms with Crippen molar-refractivity contribution in [2.75, 3.05) is 25.6 Å². The van der Waals surface area contributed by atoms with Crippen LogP contribution >= 0.6 is 23.5 Å². The van der Waals surface area contributed by atoms with Gasteiger partial charge >= 0.3 is 0 Å². The van der Waals surface area contributed by atoms with Crippen molar-refractivity contribution in [2.24, 2.45) is 22.7 Å². The number of carbonyl (C=O) groups excluding carboxylic acids is 8. The van der Waals surface area contributed by atoms with E-state index in [1.54, 1.807) is 61.3 Å². The van der Waals surface area contributed by atoms with Crippen molar-refractivity contribution in [1.82, 2.24) is 52.3 Å². The quantitative estimate of drug-likeness (QED) is 0.135. The zero-order chi connectivity index (χ0) is 55.8. The lowest BCUT2D eigenvalue weighted by molar-refractivity contribution is -0.144. The second-order valence-corrected chi connectivity index (χ2v) is 26.9. The molecule has 12 atom stereocenters. The Kier molecular flexibility index (Phi) is 17.6. The highest BCUT2D eigenvalue weighted by Crippen LogP contribution is 2.49. The standard InChI is InChI=1S/C58H82N10O8S2/c1-31(59-7)49(69)63-41-25-27-77-43-29-57(3,4)47(67(43)55(41)75)53(73)65-45-37-15-11-9-13-33(37)17-23-39(45)51(71)61-35-19-21-36(22-20-35)62-52(72)40-24-18-34-14-10-12-16-38(34)46(40)66-54(74)48-58(5,6)30-44-68(48)56(76)42(26-28-78-44)64-50(70)32(2)60-8/h9-16,31-32,35-36,39-48,59-60H,17-30H2,1-8H3,(H,61,71)(H,62,72)(H,63,69)(H,64,70)(H,65,73)(H,66,74)/t31-,32+,35?,36?,39-,40-,41+,42+,43?,44?,45+,46-,47-,48-/m1/s1. The van der Waals surface area contributed by atoms with Crippen LogP contribution < -0.4 is 42.5 Å². The fraction of sp³-hybridized carbons (Fsp3) is 0.655. The lowest BCUT2D eigenvalue weighted by atomic mass is 9.77. The second-order valence-electron chi connectivity index (χ2n) is 24.3. The van der Waals surface area contributed by atoms with E-state index in [1.807, 2.05) is 76.2 Å². The summed E-state index contributed by atoms with van der Waals surface area (Å²) >= 11 is 3.28. The molecule has 78 heavy (non-hydrogen) atoms. The average Bonchev–Trinajstić information content (AvgIpc) is 3.84. The van der Waals surface area contributed by atoms with Crippen LogP contribution in [0.1, 0.15) is 140 Å². The maximum absolute atomic E-state index is 14.9. The molecule has 0 aromatic heterocycles. The number of benzene rings is 2. The number of amides is 8. The number of hydrogen-bond acceptors (Lipinski definition) is 12. The lowest BCUT2D eigenvalue weighted by Gasteiger charge is -2.39. The number of rotatable bonds is 14. The molecule has 4 heterocycles. The third-order valence-corrected chi connectivity index (χ3v) is 20.6. The molecule has 7 aliphatic rings. The molecule has 424 valence electrons. The van der Waals surface area contributed by atoms with Crippen molar-refractivity contribution in [3.63, 3.8) is 0 Å². The van der Waals surface area contributed by atoms with Gasteiger partial charge in [-0.1, -0.05) is 76.2 Å². The molecule has 5 fully saturated rings. The summed E-state index contributed by atoms with van der Waals surface area (Å²) in [5, 5.41) is 24.6. The summed E-state index contributed by atoms with van der Waals surface area (Å²) in [5.74, 6) is -1.83. The molecule has 2 aromatic carbocycles. The van der Waals surface area contributed by atoms with E-state index >= 15 is 0 Å². The number of nitrogens with one attached hydrogen (secondary N) is 8. The maximum atomic E-state index is 14.9. The molecule has 9 rings (SSSR count). The van der Waals surface area contributed by atoms with E-state index in [9.17, 15) is 38.4 Å². The van der Waals surface area contributed by atoms with E-state index in [1.165, 1.54) is 0 Å². The Bertz CT molecular complexity index is 2450. The normalized spacial score (nSPS) is 31.8. The summed E-state index contributed by atoms with van der Waals surface area (Å²) in [6.07, 6.45) is 7.07. The topological polar surface area (TPSA) is 239 Å². The molecule has 0 bridgehead atoms. The molecule has 4 aliphatic heterocycles. The smallest absolute Gasteiger partial charge is 0.246 e. The molecule has 20 heteroatoms. The Balaban J connectivity index is 0.846. The van der Waals surface area contributed by atoms with Gasteiger partial charge in [0.2, 0.25) is 47.3 Å². The Hall–Kier alpha value is -5.18. The number of nitrogens with zero attached hydrogens (tertiary/aromatic N) is 2. The number of hydrogen-bond donors (Lipinski definition) is 8. The van der Waals surface area contributed by atoms with Gasteiger partial charge in [0.25, 0.3) is 0 Å². The van der Waals surface area contributed by atoms with Gasteiger partial charge in [-0.3, -0.25) is 38.4 Å². The van der Waals surface area contributed by atoms with E-state index in [0.29, 0.717) is 88.6 Å². The van der Waals surface area contributed by atoms with Crippen LogP contribution in [0.15, 0.2) is 48.5 Å². The van der Waals surface area contributed by atoms with Gasteiger partial charge in [0.05, 0.1) is 46.8 Å². The molecule has 3 aliphatic carbocycles. The van der Waals surface area contributed by atoms with Crippen LogP contribution in [0.4, 0.5) is 0 Å². The minimum atomic E-state index is -0.821. The highest BCUT2D eigenvalue weighted by molar-refractivity contribution is 8.00. The number of likely N-dealkylation sites (N-methyl/N-ethyl adjacent to an activating group) is 2. The Morgan fingerprint density at radius 3 is 1.26 bits per heavy atom. The second kappa shape index (κ2) is 23.9. The first kappa shape index (κ1) is 57.5. The van der Waals surface area contributed by atoms with Crippen molar-refractivity contribution in [1.29, 1.82) is 0 Å². The molecule has 0 spiro atoms. The van der Waals surface area contributed by atoms with Crippen LogP contribution in [0.5, 0.6) is 0 Å². The monoisotopic (exact) mass is 1110 g/mol. The van der Waals surface area contributed by atoms with Crippen LogP contribution in [0.3, 0.4) is 0 Å². The number of carbonyl (C=O) groups is 8. The Labute approximate surface area is 468 Å². The molecule has 8 amide bonds. The van der Waals surface area contributed by atoms with Gasteiger partial charge < -0.3 is 52.3 Å². The highest BCUT2D eigenvalue weighted by atomic mass is 32.2. The third kappa shape index (κ3) is 11.8. The largest absolute Gasteiger partial charge is 0.353 e. The molecular formula is C58H82N10O8S2. The maximum Gasteiger partial charge on any atom is 0.246 e. The fourth-order valence-corrected chi connectivity index (χ4v) is 16.6. The van der Waals surface area contributed by atoms with Crippen molar-refractivity contribution in [3.05, 3.63) is 70.8 Å². The highest BCUT2D eigenvalue weighted by Gasteiger charge is 2.57. The van der Waals surface area contributed by atoms with E-state index < -0.39 is 71.0 Å². The van der Waals surface area contributed by atoms with Crippen LogP contribution in [-0.2, 0) is 51.2 Å². The third-order valence-electron chi connectivity index (χ3n) is 18.1. The zero-order valence-corrected chi connectivity index (χ0v) is 48.2. The minimum absolute atomic E-state index is 0.144. The van der Waals surface area contributed by atoms with Gasteiger partial charge in [-0.05, 0) is 150 Å². The fourth-order valence-electron chi connectivity index (χ4n) is 13.5. The number of thioether (sulfide) groups is 2. The van der Waals surface area contributed by atoms with Crippen LogP contribution in [0, 0.1) is 22.7 Å². The van der Waals surface area contributed by atoms with Crippen LogP contribution in [0.25, 0.3) is 0 Å². The SMILES string of the molecule is CN[C@@H](C)C(=O)N[C@H]1CCSC2CC(C)(C)[C@@H](C(=O)N[C@@H]3c4ccccc4CC[C@H]3C(=O)NC3CCC(NC(=O)[C@@H]4CCc5ccccc5[C@@H]4NC(=O)[C@H]4N5C(=O)[C@@H](NC(=O)[C@@H](C)NC)CCSC5CC4(C)C)CC3)N2C1=O. The summed E-state index contributed by atoms with van der Waals surface area (Å²) in [6.45, 7) is 11.5. The predicted octanol–water partition coefficient (Wildman–Crippen LogP) is 3.74. The van der Waals surface area contributed by atoms with Gasteiger partial charge in [-0.2, -0.15) is 0 Å². The van der Waals surface area contributed by atoms with E-state index in [4.69, 9.17) is 0 Å². The molecular weight excluding hydrogens is 1030 g/mol. The molecule has 1 saturated carbocycles. The Morgan fingerprint density at radius 1 is 0.513 bits per heavy atom. The molecule has 8 N–H and O–H groups in total. The average molecular weight is 1110 g/mol. The Morgan fingerprint density at radius 2 is 0.885 bits per heavy atom. The predicted molar refractivity (Wildman–Crippen MR) is 301 cm³/mol. The molecule has 18 nitrogen and oxygen atoms in total. The molecule has 0 radical (unpaired) electrons. The van der Waals surface area contributed by atoms with Gasteiger partial charge in [0.15, 0.2) is 0 Å². The van der Waals surface area contributed by atoms with Crippen LogP contribution in [-0.4, -0.2) is 142 Å². The first-order valence-electron chi connectivity index (χ1n) is 28.4. The van der Waals surface area contributed by atoms with Crippen molar-refractivity contribution >= 4 is 70.8 Å². The van der Waals surface area contributed by atoms with E-state index in [0.717, 1.165) is 22.3 Å². The minimum Gasteiger partial charge on any atom is -0.353 e. The molecule has 4 saturated heterocycles. The van der Waals surface area contributed by atoms with Crippen molar-refractivity contribution < 1.29 is 38.4 Å². The van der Waals surface area contributed by atoms with Gasteiger partial charge in [0, 0.05) is 12.1 Å². The van der Waals surface area contributed by atoms with Crippen LogP contribution in [0.2, 0.25) is 0 Å².